The van der Waals surface area contributed by atoms with Crippen molar-refractivity contribution in [3.63, 3.8) is 0 Å². The molecule has 0 radical (unpaired) electrons. The number of thiophene rings is 1. The summed E-state index contributed by atoms with van der Waals surface area (Å²) < 4.78 is 0. The molecule has 1 aliphatic rings. The van der Waals surface area contributed by atoms with Crippen LogP contribution in [-0.4, -0.2) is 17.8 Å². The van der Waals surface area contributed by atoms with Crippen molar-refractivity contribution in [1.82, 2.24) is 5.32 Å². The lowest BCUT2D eigenvalue weighted by Crippen LogP contribution is -2.26. The van der Waals surface area contributed by atoms with Crippen LogP contribution in [-0.2, 0) is 12.8 Å². The summed E-state index contributed by atoms with van der Waals surface area (Å²) >= 11 is 1.95. The standard InChI is InChI=1S/C13H21NOS/c1-9(15)8-14-10(2)13-7-11-5-3-4-6-12(11)16-13/h7,9-10,14-15H,3-6,8H2,1-2H3/t9-,10?/m0/s1. The van der Waals surface area contributed by atoms with Crippen molar-refractivity contribution in [2.75, 3.05) is 6.54 Å². The smallest absolute Gasteiger partial charge is 0.0636 e. The van der Waals surface area contributed by atoms with Crippen LogP contribution in [0.3, 0.4) is 0 Å². The summed E-state index contributed by atoms with van der Waals surface area (Å²) in [7, 11) is 0. The molecule has 0 saturated heterocycles. The lowest BCUT2D eigenvalue weighted by atomic mass is 9.99. The summed E-state index contributed by atoms with van der Waals surface area (Å²) in [6.45, 7) is 4.67. The normalized spacial score (nSPS) is 19.2. The SMILES string of the molecule is CC(NC[C@H](C)O)c1cc2c(s1)CCCC2. The van der Waals surface area contributed by atoms with Gasteiger partial charge in [0.2, 0.25) is 0 Å². The van der Waals surface area contributed by atoms with Crippen LogP contribution in [0.25, 0.3) is 0 Å². The molecule has 0 aliphatic heterocycles. The van der Waals surface area contributed by atoms with Gasteiger partial charge < -0.3 is 10.4 Å². The van der Waals surface area contributed by atoms with E-state index in [1.54, 1.807) is 10.4 Å². The number of hydrogen-bond donors (Lipinski definition) is 2. The van der Waals surface area contributed by atoms with Crippen molar-refractivity contribution in [2.24, 2.45) is 0 Å². The van der Waals surface area contributed by atoms with E-state index >= 15 is 0 Å². The fourth-order valence-corrected chi connectivity index (χ4v) is 3.46. The summed E-state index contributed by atoms with van der Waals surface area (Å²) in [5.41, 5.74) is 1.57. The lowest BCUT2D eigenvalue weighted by Gasteiger charge is -2.13. The molecule has 0 amide bonds. The van der Waals surface area contributed by atoms with E-state index in [0.29, 0.717) is 12.6 Å². The van der Waals surface area contributed by atoms with Gasteiger partial charge in [-0.15, -0.1) is 11.3 Å². The second-order valence-corrected chi connectivity index (χ2v) is 5.95. The zero-order valence-electron chi connectivity index (χ0n) is 10.1. The summed E-state index contributed by atoms with van der Waals surface area (Å²) in [5, 5.41) is 12.6. The molecule has 0 spiro atoms. The molecule has 1 heterocycles. The quantitative estimate of drug-likeness (QED) is 0.846. The Hall–Kier alpha value is -0.380. The van der Waals surface area contributed by atoms with Crippen molar-refractivity contribution >= 4 is 11.3 Å². The van der Waals surface area contributed by atoms with Gasteiger partial charge in [-0.2, -0.15) is 0 Å². The van der Waals surface area contributed by atoms with Crippen molar-refractivity contribution in [1.29, 1.82) is 0 Å². The maximum atomic E-state index is 9.25. The first kappa shape index (κ1) is 12.1. The Labute approximate surface area is 102 Å². The van der Waals surface area contributed by atoms with E-state index in [1.807, 2.05) is 18.3 Å². The van der Waals surface area contributed by atoms with Crippen LogP contribution in [0.4, 0.5) is 0 Å². The Kier molecular flexibility index (Phi) is 4.00. The number of hydrogen-bond acceptors (Lipinski definition) is 3. The number of aryl methyl sites for hydroxylation is 2. The van der Waals surface area contributed by atoms with Gasteiger partial charge in [-0.3, -0.25) is 0 Å². The van der Waals surface area contributed by atoms with Crippen molar-refractivity contribution < 1.29 is 5.11 Å². The van der Waals surface area contributed by atoms with Crippen LogP contribution >= 0.6 is 11.3 Å². The van der Waals surface area contributed by atoms with E-state index in [0.717, 1.165) is 0 Å². The molecular formula is C13H21NOS. The minimum Gasteiger partial charge on any atom is -0.392 e. The van der Waals surface area contributed by atoms with E-state index in [9.17, 15) is 5.11 Å². The molecule has 3 heteroatoms. The minimum atomic E-state index is -0.267. The molecule has 1 aromatic heterocycles. The number of aliphatic hydroxyl groups is 1. The molecule has 2 nitrogen and oxygen atoms in total. The number of rotatable bonds is 4. The third-order valence-electron chi connectivity index (χ3n) is 3.16. The second-order valence-electron chi connectivity index (χ2n) is 4.78. The van der Waals surface area contributed by atoms with Crippen molar-refractivity contribution in [3.8, 4) is 0 Å². The average molecular weight is 239 g/mol. The van der Waals surface area contributed by atoms with Gasteiger partial charge in [-0.25, -0.2) is 0 Å². The highest BCUT2D eigenvalue weighted by atomic mass is 32.1. The topological polar surface area (TPSA) is 32.3 Å². The van der Waals surface area contributed by atoms with Crippen molar-refractivity contribution in [3.05, 3.63) is 21.4 Å². The Morgan fingerprint density at radius 1 is 1.38 bits per heavy atom. The highest BCUT2D eigenvalue weighted by Crippen LogP contribution is 2.32. The average Bonchev–Trinajstić information content (AvgIpc) is 2.69. The van der Waals surface area contributed by atoms with E-state index in [1.165, 1.54) is 30.6 Å². The third-order valence-corrected chi connectivity index (χ3v) is 4.58. The predicted octanol–water partition coefficient (Wildman–Crippen LogP) is 2.66. The molecule has 1 unspecified atom stereocenters. The maximum Gasteiger partial charge on any atom is 0.0636 e. The Morgan fingerprint density at radius 2 is 2.12 bits per heavy atom. The number of fused-ring (bicyclic) bond motifs is 1. The van der Waals surface area contributed by atoms with Crippen LogP contribution in [0, 0.1) is 0 Å². The van der Waals surface area contributed by atoms with E-state index in [4.69, 9.17) is 0 Å². The van der Waals surface area contributed by atoms with Gasteiger partial charge in [-0.1, -0.05) is 0 Å². The Balaban J connectivity index is 2.00. The van der Waals surface area contributed by atoms with Gasteiger partial charge in [0.1, 0.15) is 0 Å². The lowest BCUT2D eigenvalue weighted by molar-refractivity contribution is 0.187. The summed E-state index contributed by atoms with van der Waals surface area (Å²) in [6.07, 6.45) is 4.95. The molecule has 90 valence electrons. The monoisotopic (exact) mass is 239 g/mol. The largest absolute Gasteiger partial charge is 0.392 e. The first-order valence-corrected chi connectivity index (χ1v) is 7.01. The van der Waals surface area contributed by atoms with Crippen LogP contribution in [0.2, 0.25) is 0 Å². The molecule has 2 N–H and O–H groups in total. The molecule has 2 atom stereocenters. The molecule has 0 fully saturated rings. The van der Waals surface area contributed by atoms with Gasteiger partial charge in [0.25, 0.3) is 0 Å². The minimum absolute atomic E-state index is 0.267. The van der Waals surface area contributed by atoms with Gasteiger partial charge in [0.15, 0.2) is 0 Å². The second kappa shape index (κ2) is 5.30. The molecular weight excluding hydrogens is 218 g/mol. The Bertz CT molecular complexity index is 322. The number of aliphatic hydroxyl groups excluding tert-OH is 1. The van der Waals surface area contributed by atoms with Crippen molar-refractivity contribution in [2.45, 2.75) is 51.7 Å². The molecule has 1 aromatic rings. The highest BCUT2D eigenvalue weighted by Gasteiger charge is 2.16. The van der Waals surface area contributed by atoms with Crippen LogP contribution < -0.4 is 5.32 Å². The molecule has 1 aliphatic carbocycles. The van der Waals surface area contributed by atoms with Crippen LogP contribution in [0.1, 0.15) is 48.0 Å². The first-order valence-electron chi connectivity index (χ1n) is 6.19. The van der Waals surface area contributed by atoms with Gasteiger partial charge in [0, 0.05) is 22.3 Å². The molecule has 0 bridgehead atoms. The molecule has 0 aromatic carbocycles. The van der Waals surface area contributed by atoms with Crippen LogP contribution in [0.5, 0.6) is 0 Å². The van der Waals surface area contributed by atoms with Gasteiger partial charge >= 0.3 is 0 Å². The third kappa shape index (κ3) is 2.84. The van der Waals surface area contributed by atoms with Crippen LogP contribution in [0.15, 0.2) is 6.07 Å². The van der Waals surface area contributed by atoms with Gasteiger partial charge in [0.05, 0.1) is 6.10 Å². The fourth-order valence-electron chi connectivity index (χ4n) is 2.17. The zero-order chi connectivity index (χ0) is 11.5. The predicted molar refractivity (Wildman–Crippen MR) is 69.1 cm³/mol. The first-order chi connectivity index (χ1) is 7.66. The number of nitrogens with one attached hydrogen (secondary N) is 1. The molecule has 2 rings (SSSR count). The molecule has 0 saturated carbocycles. The van der Waals surface area contributed by atoms with Gasteiger partial charge in [-0.05, 0) is 51.2 Å². The Morgan fingerprint density at radius 3 is 2.81 bits per heavy atom. The van der Waals surface area contributed by atoms with E-state index in [2.05, 4.69) is 18.3 Å². The zero-order valence-corrected chi connectivity index (χ0v) is 10.9. The fraction of sp³-hybridized carbons (Fsp3) is 0.692. The van der Waals surface area contributed by atoms with E-state index < -0.39 is 0 Å². The van der Waals surface area contributed by atoms with E-state index in [-0.39, 0.29) is 6.10 Å². The molecule has 16 heavy (non-hydrogen) atoms. The maximum absolute atomic E-state index is 9.25. The summed E-state index contributed by atoms with van der Waals surface area (Å²) in [4.78, 5) is 3.01. The highest BCUT2D eigenvalue weighted by molar-refractivity contribution is 7.12. The summed E-state index contributed by atoms with van der Waals surface area (Å²) in [5.74, 6) is 0. The summed E-state index contributed by atoms with van der Waals surface area (Å²) in [6, 6.07) is 2.73.